The number of carbonyl (C=O) groups is 2. The number of aliphatic hydroxyl groups is 1. The third kappa shape index (κ3) is 4.76. The number of phenolic OH excluding ortho intramolecular Hbond substituents is 1. The van der Waals surface area contributed by atoms with Crippen LogP contribution in [-0.4, -0.2) is 39.3 Å². The van der Waals surface area contributed by atoms with Crippen LogP contribution in [-0.2, 0) is 4.79 Å². The van der Waals surface area contributed by atoms with E-state index in [1.54, 1.807) is 0 Å². The molecule has 0 fully saturated rings. The van der Waals surface area contributed by atoms with Gasteiger partial charge < -0.3 is 20.6 Å². The maximum absolute atomic E-state index is 11.8. The number of rotatable bonds is 5. The first-order valence-corrected chi connectivity index (χ1v) is 5.80. The molecule has 1 atom stereocenters. The highest BCUT2D eigenvalue weighted by Crippen LogP contribution is 2.21. The van der Waals surface area contributed by atoms with E-state index in [9.17, 15) is 19.8 Å². The average Bonchev–Trinajstić information content (AvgIpc) is 2.27. The smallest absolute Gasteiger partial charge is 0.306 e. The Morgan fingerprint density at radius 3 is 2.63 bits per heavy atom. The van der Waals surface area contributed by atoms with Crippen LogP contribution in [0, 0.1) is 0 Å². The molecule has 4 N–H and O–H groups in total. The van der Waals surface area contributed by atoms with Gasteiger partial charge in [0.1, 0.15) is 5.75 Å². The van der Waals surface area contributed by atoms with Gasteiger partial charge in [-0.1, -0.05) is 11.6 Å². The number of carbonyl (C=O) groups excluding carboxylic acids is 1. The minimum atomic E-state index is -1.57. The summed E-state index contributed by atoms with van der Waals surface area (Å²) < 4.78 is 0. The van der Waals surface area contributed by atoms with Gasteiger partial charge in [0.15, 0.2) is 0 Å². The number of halogens is 1. The lowest BCUT2D eigenvalue weighted by Crippen LogP contribution is -2.42. The first-order valence-electron chi connectivity index (χ1n) is 5.42. The first kappa shape index (κ1) is 15.3. The van der Waals surface area contributed by atoms with Gasteiger partial charge in [0.05, 0.1) is 17.6 Å². The molecule has 0 saturated heterocycles. The Bertz CT molecular complexity index is 501. The second-order valence-electron chi connectivity index (χ2n) is 4.41. The van der Waals surface area contributed by atoms with Gasteiger partial charge in [0.2, 0.25) is 0 Å². The highest BCUT2D eigenvalue weighted by Gasteiger charge is 2.25. The van der Waals surface area contributed by atoms with Crippen LogP contribution in [0.3, 0.4) is 0 Å². The molecule has 1 unspecified atom stereocenters. The molecule has 6 nitrogen and oxygen atoms in total. The van der Waals surface area contributed by atoms with Crippen molar-refractivity contribution in [1.29, 1.82) is 0 Å². The predicted molar refractivity (Wildman–Crippen MR) is 68.3 cm³/mol. The van der Waals surface area contributed by atoms with Crippen LogP contribution in [0.2, 0.25) is 5.02 Å². The van der Waals surface area contributed by atoms with Crippen molar-refractivity contribution in [3.8, 4) is 5.75 Å². The number of carboxylic acids is 1. The number of aliphatic carboxylic acids is 1. The van der Waals surface area contributed by atoms with E-state index in [1.165, 1.54) is 25.1 Å². The Morgan fingerprint density at radius 2 is 2.05 bits per heavy atom. The summed E-state index contributed by atoms with van der Waals surface area (Å²) in [6, 6.07) is 3.97. The maximum atomic E-state index is 11.8. The summed E-state index contributed by atoms with van der Waals surface area (Å²) in [5, 5.41) is 30.4. The molecule has 1 aromatic rings. The topological polar surface area (TPSA) is 107 Å². The van der Waals surface area contributed by atoms with Crippen molar-refractivity contribution in [2.24, 2.45) is 0 Å². The van der Waals surface area contributed by atoms with Crippen molar-refractivity contribution < 1.29 is 24.9 Å². The lowest BCUT2D eigenvalue weighted by atomic mass is 10.0. The Morgan fingerprint density at radius 1 is 1.42 bits per heavy atom. The Hall–Kier alpha value is -1.79. The zero-order chi connectivity index (χ0) is 14.6. The van der Waals surface area contributed by atoms with Gasteiger partial charge in [0, 0.05) is 11.6 Å². The molecule has 0 aromatic heterocycles. The second kappa shape index (κ2) is 5.90. The zero-order valence-electron chi connectivity index (χ0n) is 10.2. The van der Waals surface area contributed by atoms with Gasteiger partial charge in [-0.05, 0) is 25.1 Å². The standard InChI is InChI=1S/C12H14ClNO5/c1-12(19,5-10(16)17)6-14-11(18)8-4-7(13)2-3-9(8)15/h2-4,15,19H,5-6H2,1H3,(H,14,18)(H,16,17). The summed E-state index contributed by atoms with van der Waals surface area (Å²) in [6.45, 7) is 1.03. The lowest BCUT2D eigenvalue weighted by molar-refractivity contribution is -0.141. The van der Waals surface area contributed by atoms with Gasteiger partial charge in [-0.25, -0.2) is 0 Å². The molecular formula is C12H14ClNO5. The molecule has 0 aliphatic carbocycles. The fourth-order valence-electron chi connectivity index (χ4n) is 1.44. The lowest BCUT2D eigenvalue weighted by Gasteiger charge is -2.21. The minimum Gasteiger partial charge on any atom is -0.507 e. The van der Waals surface area contributed by atoms with Crippen LogP contribution in [0.25, 0.3) is 0 Å². The van der Waals surface area contributed by atoms with E-state index in [2.05, 4.69) is 5.32 Å². The van der Waals surface area contributed by atoms with Crippen LogP contribution in [0.1, 0.15) is 23.7 Å². The second-order valence-corrected chi connectivity index (χ2v) is 4.85. The third-order valence-corrected chi connectivity index (χ3v) is 2.60. The molecule has 1 rings (SSSR count). The first-order chi connectivity index (χ1) is 8.71. The Kier molecular flexibility index (Phi) is 4.74. The number of nitrogens with one attached hydrogen (secondary N) is 1. The summed E-state index contributed by atoms with van der Waals surface area (Å²) in [5.74, 6) is -2.07. The van der Waals surface area contributed by atoms with Crippen molar-refractivity contribution >= 4 is 23.5 Å². The molecule has 1 aromatic carbocycles. The van der Waals surface area contributed by atoms with Crippen LogP contribution in [0.15, 0.2) is 18.2 Å². The number of hydrogen-bond acceptors (Lipinski definition) is 4. The van der Waals surface area contributed by atoms with E-state index < -0.39 is 23.9 Å². The molecule has 0 bridgehead atoms. The maximum Gasteiger partial charge on any atom is 0.306 e. The van der Waals surface area contributed by atoms with Crippen LogP contribution in [0.5, 0.6) is 5.75 Å². The molecule has 1 amide bonds. The Balaban J connectivity index is 2.70. The van der Waals surface area contributed by atoms with Gasteiger partial charge in [-0.3, -0.25) is 9.59 Å². The summed E-state index contributed by atoms with van der Waals surface area (Å²) in [7, 11) is 0. The summed E-state index contributed by atoms with van der Waals surface area (Å²) in [4.78, 5) is 22.3. The molecule has 0 radical (unpaired) electrons. The minimum absolute atomic E-state index is 0.0429. The molecule has 0 aliphatic rings. The highest BCUT2D eigenvalue weighted by molar-refractivity contribution is 6.31. The van der Waals surface area contributed by atoms with Crippen molar-refractivity contribution in [2.45, 2.75) is 18.9 Å². The van der Waals surface area contributed by atoms with Crippen LogP contribution < -0.4 is 5.32 Å². The number of aromatic hydroxyl groups is 1. The monoisotopic (exact) mass is 287 g/mol. The number of benzene rings is 1. The average molecular weight is 288 g/mol. The van der Waals surface area contributed by atoms with E-state index in [0.717, 1.165) is 0 Å². The summed E-state index contributed by atoms with van der Waals surface area (Å²) in [5.41, 5.74) is -1.62. The normalized spacial score (nSPS) is 13.6. The quantitative estimate of drug-likeness (QED) is 0.646. The van der Waals surface area contributed by atoms with Gasteiger partial charge in [-0.15, -0.1) is 0 Å². The van der Waals surface area contributed by atoms with Crippen molar-refractivity contribution in [3.05, 3.63) is 28.8 Å². The molecule has 0 saturated carbocycles. The summed E-state index contributed by atoms with van der Waals surface area (Å²) >= 11 is 5.70. The molecule has 0 heterocycles. The molecule has 0 aliphatic heterocycles. The number of phenols is 1. The third-order valence-electron chi connectivity index (χ3n) is 2.37. The zero-order valence-corrected chi connectivity index (χ0v) is 10.9. The SMILES string of the molecule is CC(O)(CNC(=O)c1cc(Cl)ccc1O)CC(=O)O. The fraction of sp³-hybridized carbons (Fsp3) is 0.333. The van der Waals surface area contributed by atoms with E-state index in [1.807, 2.05) is 0 Å². The van der Waals surface area contributed by atoms with Crippen LogP contribution in [0.4, 0.5) is 0 Å². The fourth-order valence-corrected chi connectivity index (χ4v) is 1.62. The molecular weight excluding hydrogens is 274 g/mol. The predicted octanol–water partition coefficient (Wildman–Crippen LogP) is 1.00. The Labute approximate surface area is 114 Å². The van der Waals surface area contributed by atoms with Crippen molar-refractivity contribution in [2.75, 3.05) is 6.54 Å². The van der Waals surface area contributed by atoms with E-state index in [4.69, 9.17) is 16.7 Å². The van der Waals surface area contributed by atoms with Gasteiger partial charge >= 0.3 is 5.97 Å². The molecule has 104 valence electrons. The highest BCUT2D eigenvalue weighted by atomic mass is 35.5. The van der Waals surface area contributed by atoms with Crippen molar-refractivity contribution in [1.82, 2.24) is 5.32 Å². The molecule has 7 heteroatoms. The number of amides is 1. The summed E-state index contributed by atoms with van der Waals surface area (Å²) in [6.07, 6.45) is -0.505. The number of carboxylic acid groups (broad SMARTS) is 1. The van der Waals surface area contributed by atoms with E-state index >= 15 is 0 Å². The number of hydrogen-bond donors (Lipinski definition) is 4. The van der Waals surface area contributed by atoms with Crippen molar-refractivity contribution in [3.63, 3.8) is 0 Å². The van der Waals surface area contributed by atoms with E-state index in [0.29, 0.717) is 0 Å². The molecule has 0 spiro atoms. The largest absolute Gasteiger partial charge is 0.507 e. The van der Waals surface area contributed by atoms with Crippen LogP contribution >= 0.6 is 11.6 Å². The molecule has 19 heavy (non-hydrogen) atoms. The van der Waals surface area contributed by atoms with E-state index in [-0.39, 0.29) is 22.9 Å². The van der Waals surface area contributed by atoms with Gasteiger partial charge in [-0.2, -0.15) is 0 Å². The van der Waals surface area contributed by atoms with Gasteiger partial charge in [0.25, 0.3) is 5.91 Å².